The number of carbonyl (C=O) groups is 1. The molecule has 0 bridgehead atoms. The lowest BCUT2D eigenvalue weighted by atomic mass is 9.94. The van der Waals surface area contributed by atoms with Gasteiger partial charge >= 0.3 is 0 Å². The Morgan fingerprint density at radius 3 is 2.68 bits per heavy atom. The maximum Gasteiger partial charge on any atom is 0.274 e. The molecule has 3 aromatic rings. The SMILES string of the molecule is Cc1cnc(C(=O)N2CCC[C@H](c3cc(NC(C)C)nc(-c4cnc(C)s4)n3)C2)cn1. The number of nitrogens with zero attached hydrogens (tertiary/aromatic N) is 6. The van der Waals surface area contributed by atoms with Gasteiger partial charge in [0.1, 0.15) is 11.5 Å². The minimum Gasteiger partial charge on any atom is -0.368 e. The minimum atomic E-state index is -0.0786. The van der Waals surface area contributed by atoms with Crippen LogP contribution in [-0.2, 0) is 0 Å². The molecule has 8 nitrogen and oxygen atoms in total. The van der Waals surface area contributed by atoms with E-state index in [0.29, 0.717) is 24.6 Å². The molecule has 4 heterocycles. The quantitative estimate of drug-likeness (QED) is 0.647. The van der Waals surface area contributed by atoms with E-state index < -0.39 is 0 Å². The molecule has 4 rings (SSSR count). The number of carbonyl (C=O) groups excluding carboxylic acids is 1. The van der Waals surface area contributed by atoms with E-state index in [1.165, 1.54) is 0 Å². The molecule has 1 aliphatic rings. The molecule has 0 aliphatic carbocycles. The first-order valence-corrected chi connectivity index (χ1v) is 11.4. The summed E-state index contributed by atoms with van der Waals surface area (Å²) in [6.07, 6.45) is 6.91. The number of rotatable bonds is 5. The van der Waals surface area contributed by atoms with Gasteiger partial charge in [-0.1, -0.05) is 0 Å². The second-order valence-electron chi connectivity index (χ2n) is 8.18. The van der Waals surface area contributed by atoms with Crippen molar-refractivity contribution in [2.24, 2.45) is 0 Å². The largest absolute Gasteiger partial charge is 0.368 e. The number of nitrogens with one attached hydrogen (secondary N) is 1. The predicted octanol–water partition coefficient (Wildman–Crippen LogP) is 3.85. The molecule has 0 aromatic carbocycles. The van der Waals surface area contributed by atoms with E-state index in [-0.39, 0.29) is 17.9 Å². The lowest BCUT2D eigenvalue weighted by Crippen LogP contribution is -2.39. The van der Waals surface area contributed by atoms with Crippen LogP contribution >= 0.6 is 11.3 Å². The molecule has 3 aromatic heterocycles. The van der Waals surface area contributed by atoms with E-state index in [1.54, 1.807) is 23.7 Å². The number of anilines is 1. The standard InChI is InChI=1S/C22H27N7OS/c1-13(2)26-20-8-17(27-21(28-20)19-11-24-15(4)31-19)16-6-5-7-29(12-16)22(30)18-10-23-14(3)9-25-18/h8-11,13,16H,5-7,12H2,1-4H3,(H,26,27,28)/t16-/m0/s1. The summed E-state index contributed by atoms with van der Waals surface area (Å²) < 4.78 is 0. The first-order valence-electron chi connectivity index (χ1n) is 10.6. The maximum atomic E-state index is 13.0. The van der Waals surface area contributed by atoms with Gasteiger partial charge in [0, 0.05) is 43.5 Å². The molecule has 0 saturated carbocycles. The van der Waals surface area contributed by atoms with Gasteiger partial charge in [0.25, 0.3) is 5.91 Å². The highest BCUT2D eigenvalue weighted by Gasteiger charge is 2.28. The Balaban J connectivity index is 1.61. The molecular formula is C22H27N7OS. The van der Waals surface area contributed by atoms with Gasteiger partial charge < -0.3 is 10.2 Å². The molecular weight excluding hydrogens is 410 g/mol. The Labute approximate surface area is 186 Å². The lowest BCUT2D eigenvalue weighted by molar-refractivity contribution is 0.0699. The van der Waals surface area contributed by atoms with Crippen molar-refractivity contribution in [3.05, 3.63) is 46.7 Å². The van der Waals surface area contributed by atoms with Gasteiger partial charge in [0.05, 0.1) is 27.5 Å². The Morgan fingerprint density at radius 2 is 2.00 bits per heavy atom. The Bertz CT molecular complexity index is 1060. The lowest BCUT2D eigenvalue weighted by Gasteiger charge is -2.32. The van der Waals surface area contributed by atoms with Crippen LogP contribution in [0.4, 0.5) is 5.82 Å². The average Bonchev–Trinajstić information content (AvgIpc) is 3.19. The number of likely N-dealkylation sites (tertiary alicyclic amines) is 1. The first kappa shape index (κ1) is 21.3. The molecule has 31 heavy (non-hydrogen) atoms. The molecule has 0 unspecified atom stereocenters. The fourth-order valence-electron chi connectivity index (χ4n) is 3.69. The molecule has 1 amide bonds. The highest BCUT2D eigenvalue weighted by atomic mass is 32.1. The third kappa shape index (κ3) is 5.04. The molecule has 1 N–H and O–H groups in total. The Kier molecular flexibility index (Phi) is 6.22. The van der Waals surface area contributed by atoms with Crippen LogP contribution in [0.5, 0.6) is 0 Å². The number of hydrogen-bond acceptors (Lipinski definition) is 8. The van der Waals surface area contributed by atoms with E-state index in [9.17, 15) is 4.79 Å². The zero-order chi connectivity index (χ0) is 22.0. The van der Waals surface area contributed by atoms with Crippen LogP contribution in [0.2, 0.25) is 0 Å². The normalized spacial score (nSPS) is 16.5. The second-order valence-corrected chi connectivity index (χ2v) is 9.41. The Morgan fingerprint density at radius 1 is 1.16 bits per heavy atom. The van der Waals surface area contributed by atoms with Crippen molar-refractivity contribution in [1.82, 2.24) is 29.8 Å². The van der Waals surface area contributed by atoms with Gasteiger partial charge in [-0.3, -0.25) is 9.78 Å². The summed E-state index contributed by atoms with van der Waals surface area (Å²) in [5, 5.41) is 4.38. The number of aryl methyl sites for hydroxylation is 2. The minimum absolute atomic E-state index is 0.0786. The summed E-state index contributed by atoms with van der Waals surface area (Å²) in [7, 11) is 0. The summed E-state index contributed by atoms with van der Waals surface area (Å²) in [5.74, 6) is 1.54. The number of aromatic nitrogens is 5. The summed E-state index contributed by atoms with van der Waals surface area (Å²) in [4.78, 5) is 38.2. The van der Waals surface area contributed by atoms with E-state index in [0.717, 1.165) is 39.9 Å². The highest BCUT2D eigenvalue weighted by Crippen LogP contribution is 2.31. The fourth-order valence-corrected chi connectivity index (χ4v) is 4.40. The van der Waals surface area contributed by atoms with E-state index in [1.807, 2.05) is 31.0 Å². The summed E-state index contributed by atoms with van der Waals surface area (Å²) in [6, 6.07) is 2.27. The summed E-state index contributed by atoms with van der Waals surface area (Å²) in [6.45, 7) is 9.33. The zero-order valence-electron chi connectivity index (χ0n) is 18.3. The summed E-state index contributed by atoms with van der Waals surface area (Å²) in [5.41, 5.74) is 2.13. The van der Waals surface area contributed by atoms with Gasteiger partial charge in [0.15, 0.2) is 5.82 Å². The number of thiazole rings is 1. The smallest absolute Gasteiger partial charge is 0.274 e. The van der Waals surface area contributed by atoms with Crippen LogP contribution < -0.4 is 5.32 Å². The fraction of sp³-hybridized carbons (Fsp3) is 0.455. The van der Waals surface area contributed by atoms with Gasteiger partial charge in [-0.25, -0.2) is 19.9 Å². The van der Waals surface area contributed by atoms with Crippen LogP contribution in [-0.4, -0.2) is 54.9 Å². The number of hydrogen-bond donors (Lipinski definition) is 1. The van der Waals surface area contributed by atoms with Crippen LogP contribution in [0.25, 0.3) is 10.7 Å². The van der Waals surface area contributed by atoms with Crippen molar-refractivity contribution >= 4 is 23.1 Å². The molecule has 1 atom stereocenters. The molecule has 162 valence electrons. The van der Waals surface area contributed by atoms with Gasteiger partial charge in [-0.2, -0.15) is 0 Å². The second kappa shape index (κ2) is 9.05. The topological polar surface area (TPSA) is 96.8 Å². The molecule has 1 saturated heterocycles. The van der Waals surface area contributed by atoms with Crippen molar-refractivity contribution in [2.75, 3.05) is 18.4 Å². The molecule has 1 fully saturated rings. The predicted molar refractivity (Wildman–Crippen MR) is 121 cm³/mol. The first-order chi connectivity index (χ1) is 14.9. The third-order valence-corrected chi connectivity index (χ3v) is 6.06. The highest BCUT2D eigenvalue weighted by molar-refractivity contribution is 7.14. The van der Waals surface area contributed by atoms with Gasteiger partial charge in [0.2, 0.25) is 0 Å². The van der Waals surface area contributed by atoms with Crippen molar-refractivity contribution in [3.8, 4) is 10.7 Å². The monoisotopic (exact) mass is 437 g/mol. The van der Waals surface area contributed by atoms with Gasteiger partial charge in [-0.15, -0.1) is 11.3 Å². The van der Waals surface area contributed by atoms with Gasteiger partial charge in [-0.05, 0) is 40.5 Å². The molecule has 9 heteroatoms. The van der Waals surface area contributed by atoms with Crippen LogP contribution in [0.1, 0.15) is 59.5 Å². The van der Waals surface area contributed by atoms with Crippen molar-refractivity contribution < 1.29 is 4.79 Å². The molecule has 0 radical (unpaired) electrons. The molecule has 0 spiro atoms. The van der Waals surface area contributed by atoms with Crippen molar-refractivity contribution in [3.63, 3.8) is 0 Å². The van der Waals surface area contributed by atoms with E-state index >= 15 is 0 Å². The van der Waals surface area contributed by atoms with E-state index in [2.05, 4.69) is 34.1 Å². The average molecular weight is 438 g/mol. The summed E-state index contributed by atoms with van der Waals surface area (Å²) >= 11 is 1.58. The van der Waals surface area contributed by atoms with Crippen LogP contribution in [0.15, 0.2) is 24.7 Å². The Hall–Kier alpha value is -2.94. The van der Waals surface area contributed by atoms with E-state index in [4.69, 9.17) is 9.97 Å². The maximum absolute atomic E-state index is 13.0. The number of piperidine rings is 1. The van der Waals surface area contributed by atoms with Crippen molar-refractivity contribution in [1.29, 1.82) is 0 Å². The van der Waals surface area contributed by atoms with Crippen LogP contribution in [0.3, 0.4) is 0 Å². The molecule has 1 aliphatic heterocycles. The van der Waals surface area contributed by atoms with Crippen LogP contribution in [0, 0.1) is 13.8 Å². The van der Waals surface area contributed by atoms with Crippen molar-refractivity contribution in [2.45, 2.75) is 52.5 Å². The third-order valence-electron chi connectivity index (χ3n) is 5.15. The zero-order valence-corrected chi connectivity index (χ0v) is 19.1. The number of amides is 1.